The molecular formula is C11H17F2N3O2S. The van der Waals surface area contributed by atoms with E-state index in [0.717, 1.165) is 19.0 Å². The van der Waals surface area contributed by atoms with Crippen LogP contribution >= 0.6 is 0 Å². The Morgan fingerprint density at radius 3 is 2.42 bits per heavy atom. The minimum absolute atomic E-state index is 0.110. The van der Waals surface area contributed by atoms with E-state index in [1.807, 2.05) is 0 Å². The molecule has 1 saturated heterocycles. The van der Waals surface area contributed by atoms with Crippen LogP contribution in [-0.2, 0) is 10.0 Å². The molecule has 1 aromatic heterocycles. The van der Waals surface area contributed by atoms with Gasteiger partial charge in [-0.15, -0.1) is 0 Å². The smallest absolute Gasteiger partial charge is 0.210 e. The zero-order chi connectivity index (χ0) is 14.2. The zero-order valence-corrected chi connectivity index (χ0v) is 11.7. The Kier molecular flexibility index (Phi) is 3.91. The summed E-state index contributed by atoms with van der Waals surface area (Å²) in [6, 6.07) is 0. The van der Waals surface area contributed by atoms with Crippen LogP contribution < -0.4 is 0 Å². The van der Waals surface area contributed by atoms with Gasteiger partial charge in [0, 0.05) is 13.1 Å². The summed E-state index contributed by atoms with van der Waals surface area (Å²) in [7, 11) is -3.71. The maximum atomic E-state index is 12.5. The van der Waals surface area contributed by atoms with Crippen molar-refractivity contribution < 1.29 is 17.2 Å². The van der Waals surface area contributed by atoms with Crippen LogP contribution in [0.5, 0.6) is 0 Å². The van der Waals surface area contributed by atoms with Gasteiger partial charge < -0.3 is 0 Å². The van der Waals surface area contributed by atoms with Crippen LogP contribution in [0.1, 0.15) is 32.0 Å². The number of piperidine rings is 1. The SMILES string of the molecule is Cc1nn(C(F)F)cc1S(=O)(=O)N1CCC(C)CC1. The lowest BCUT2D eigenvalue weighted by molar-refractivity contribution is 0.0561. The Bertz CT molecular complexity index is 548. The number of hydrogen-bond acceptors (Lipinski definition) is 3. The fourth-order valence-electron chi connectivity index (χ4n) is 2.18. The number of rotatable bonds is 3. The molecule has 0 bridgehead atoms. The van der Waals surface area contributed by atoms with Crippen LogP contribution in [0, 0.1) is 12.8 Å². The van der Waals surface area contributed by atoms with Crippen molar-refractivity contribution in [1.82, 2.24) is 14.1 Å². The molecule has 19 heavy (non-hydrogen) atoms. The summed E-state index contributed by atoms with van der Waals surface area (Å²) in [5.41, 5.74) is 0.110. The fraction of sp³-hybridized carbons (Fsp3) is 0.727. The lowest BCUT2D eigenvalue weighted by Gasteiger charge is -2.29. The predicted octanol–water partition coefficient (Wildman–Crippen LogP) is 2.01. The summed E-state index contributed by atoms with van der Waals surface area (Å²) >= 11 is 0. The van der Waals surface area contributed by atoms with Gasteiger partial charge in [-0.1, -0.05) is 6.92 Å². The monoisotopic (exact) mass is 293 g/mol. The number of alkyl halides is 2. The molecule has 2 rings (SSSR count). The van der Waals surface area contributed by atoms with Crippen LogP contribution in [0.25, 0.3) is 0 Å². The summed E-state index contributed by atoms with van der Waals surface area (Å²) in [6.07, 6.45) is 2.50. The van der Waals surface area contributed by atoms with Crippen LogP contribution in [0.15, 0.2) is 11.1 Å². The summed E-state index contributed by atoms with van der Waals surface area (Å²) in [5.74, 6) is 0.497. The van der Waals surface area contributed by atoms with Gasteiger partial charge in [-0.2, -0.15) is 18.2 Å². The first-order chi connectivity index (χ1) is 8.82. The third-order valence-electron chi connectivity index (χ3n) is 3.43. The highest BCUT2D eigenvalue weighted by atomic mass is 32.2. The molecule has 0 radical (unpaired) electrons. The van der Waals surface area contributed by atoms with Gasteiger partial charge in [0.2, 0.25) is 10.0 Å². The molecule has 2 heterocycles. The number of sulfonamides is 1. The molecule has 8 heteroatoms. The lowest BCUT2D eigenvalue weighted by atomic mass is 10.0. The highest BCUT2D eigenvalue weighted by Gasteiger charge is 2.31. The molecule has 1 fully saturated rings. The zero-order valence-electron chi connectivity index (χ0n) is 10.9. The molecule has 1 aliphatic rings. The quantitative estimate of drug-likeness (QED) is 0.856. The van der Waals surface area contributed by atoms with Crippen LogP contribution in [0.3, 0.4) is 0 Å². The van der Waals surface area contributed by atoms with Gasteiger partial charge in [-0.25, -0.2) is 13.1 Å². The van der Waals surface area contributed by atoms with Crippen molar-refractivity contribution in [2.45, 2.75) is 38.1 Å². The Morgan fingerprint density at radius 2 is 1.95 bits per heavy atom. The topological polar surface area (TPSA) is 55.2 Å². The Hall–Kier alpha value is -1.02. The standard InChI is InChI=1S/C11H17F2N3O2S/c1-8-3-5-15(6-4-8)19(17,18)10-7-16(11(12)13)14-9(10)2/h7-8,11H,3-6H2,1-2H3. The fourth-order valence-corrected chi connectivity index (χ4v) is 3.81. The largest absolute Gasteiger partial charge is 0.333 e. The van der Waals surface area contributed by atoms with Gasteiger partial charge in [0.25, 0.3) is 0 Å². The number of nitrogens with zero attached hydrogens (tertiary/aromatic N) is 3. The van der Waals surface area contributed by atoms with E-state index in [4.69, 9.17) is 0 Å². The van der Waals surface area contributed by atoms with E-state index < -0.39 is 16.6 Å². The Labute approximate surface area is 111 Å². The molecular weight excluding hydrogens is 276 g/mol. The number of aryl methyl sites for hydroxylation is 1. The molecule has 0 amide bonds. The first-order valence-corrected chi connectivity index (χ1v) is 7.60. The first-order valence-electron chi connectivity index (χ1n) is 6.16. The minimum atomic E-state index is -3.71. The second-order valence-electron chi connectivity index (χ2n) is 4.92. The molecule has 0 aliphatic carbocycles. The second kappa shape index (κ2) is 5.16. The van der Waals surface area contributed by atoms with Crippen LogP contribution in [-0.4, -0.2) is 35.6 Å². The van der Waals surface area contributed by atoms with Crippen LogP contribution in [0.2, 0.25) is 0 Å². The molecule has 5 nitrogen and oxygen atoms in total. The van der Waals surface area contributed by atoms with Crippen molar-refractivity contribution in [1.29, 1.82) is 0 Å². The Morgan fingerprint density at radius 1 is 1.37 bits per heavy atom. The highest BCUT2D eigenvalue weighted by Crippen LogP contribution is 2.26. The lowest BCUT2D eigenvalue weighted by Crippen LogP contribution is -2.38. The van der Waals surface area contributed by atoms with E-state index in [1.54, 1.807) is 0 Å². The molecule has 0 unspecified atom stereocenters. The van der Waals surface area contributed by atoms with Gasteiger partial charge in [-0.05, 0) is 25.7 Å². The number of aromatic nitrogens is 2. The van der Waals surface area contributed by atoms with E-state index >= 15 is 0 Å². The van der Waals surface area contributed by atoms with Crippen molar-refractivity contribution in [3.8, 4) is 0 Å². The molecule has 1 aromatic rings. The number of halogens is 2. The van der Waals surface area contributed by atoms with Gasteiger partial charge >= 0.3 is 6.55 Å². The van der Waals surface area contributed by atoms with Gasteiger partial charge in [0.05, 0.1) is 11.9 Å². The Balaban J connectivity index is 2.29. The summed E-state index contributed by atoms with van der Waals surface area (Å²) in [5, 5.41) is 3.55. The highest BCUT2D eigenvalue weighted by molar-refractivity contribution is 7.89. The first kappa shape index (κ1) is 14.4. The molecule has 0 aromatic carbocycles. The second-order valence-corrected chi connectivity index (χ2v) is 6.83. The normalized spacial score (nSPS) is 19.2. The predicted molar refractivity (Wildman–Crippen MR) is 65.4 cm³/mol. The molecule has 0 spiro atoms. The third kappa shape index (κ3) is 2.79. The number of hydrogen-bond donors (Lipinski definition) is 0. The van der Waals surface area contributed by atoms with Crippen molar-refractivity contribution in [3.05, 3.63) is 11.9 Å². The van der Waals surface area contributed by atoms with E-state index in [9.17, 15) is 17.2 Å². The van der Waals surface area contributed by atoms with E-state index in [1.165, 1.54) is 11.2 Å². The summed E-state index contributed by atoms with van der Waals surface area (Å²) in [6.45, 7) is 1.54. The summed E-state index contributed by atoms with van der Waals surface area (Å²) < 4.78 is 51.6. The minimum Gasteiger partial charge on any atom is -0.210 e. The van der Waals surface area contributed by atoms with Crippen molar-refractivity contribution in [2.24, 2.45) is 5.92 Å². The van der Waals surface area contributed by atoms with E-state index in [0.29, 0.717) is 23.7 Å². The van der Waals surface area contributed by atoms with Gasteiger partial charge in [0.1, 0.15) is 4.90 Å². The van der Waals surface area contributed by atoms with Gasteiger partial charge in [0.15, 0.2) is 0 Å². The van der Waals surface area contributed by atoms with Crippen molar-refractivity contribution in [2.75, 3.05) is 13.1 Å². The molecule has 0 atom stereocenters. The molecule has 108 valence electrons. The maximum Gasteiger partial charge on any atom is 0.333 e. The molecule has 0 N–H and O–H groups in total. The maximum absolute atomic E-state index is 12.5. The summed E-state index contributed by atoms with van der Waals surface area (Å²) in [4.78, 5) is -0.123. The van der Waals surface area contributed by atoms with E-state index in [2.05, 4.69) is 12.0 Å². The molecule has 1 aliphatic heterocycles. The van der Waals surface area contributed by atoms with Crippen molar-refractivity contribution in [3.63, 3.8) is 0 Å². The van der Waals surface area contributed by atoms with Crippen molar-refractivity contribution >= 4 is 10.0 Å². The third-order valence-corrected chi connectivity index (χ3v) is 5.43. The van der Waals surface area contributed by atoms with E-state index in [-0.39, 0.29) is 10.6 Å². The van der Waals surface area contributed by atoms with Crippen LogP contribution in [0.4, 0.5) is 8.78 Å². The average Bonchev–Trinajstić information content (AvgIpc) is 2.73. The average molecular weight is 293 g/mol. The van der Waals surface area contributed by atoms with Gasteiger partial charge in [-0.3, -0.25) is 0 Å². The molecule has 0 saturated carbocycles.